The molecule has 0 radical (unpaired) electrons. The van der Waals surface area contributed by atoms with E-state index in [1.165, 1.54) is 45.5 Å². The van der Waals surface area contributed by atoms with Crippen molar-refractivity contribution in [3.05, 3.63) is 71.3 Å². The zero-order chi connectivity index (χ0) is 25.9. The zero-order valence-electron chi connectivity index (χ0n) is 21.1. The van der Waals surface area contributed by atoms with Crippen LogP contribution in [0.2, 0.25) is 0 Å². The summed E-state index contributed by atoms with van der Waals surface area (Å²) in [6, 6.07) is 12.4. The van der Waals surface area contributed by atoms with Crippen molar-refractivity contribution in [3.63, 3.8) is 0 Å². The van der Waals surface area contributed by atoms with E-state index in [-0.39, 0.29) is 5.82 Å². The van der Waals surface area contributed by atoms with E-state index >= 15 is 0 Å². The standard InChI is InChI=1S/C23H17FN4O2.C6H13N/c1-30-23-22-26-8-9-28(22)21(20(27-23)14-4-2-13(12-25)3-5-14)15-10-17-16(18(24)11-15)6-7-19(17)29;1-7-5-3-2-4-6-7/h2-5,8-11,19,29H,6-7H2,1H3;2-6H2,1H3. The first-order valence-corrected chi connectivity index (χ1v) is 12.6. The van der Waals surface area contributed by atoms with Gasteiger partial charge < -0.3 is 14.7 Å². The lowest BCUT2D eigenvalue weighted by Crippen LogP contribution is -2.24. The van der Waals surface area contributed by atoms with Crippen LogP contribution in [0.25, 0.3) is 28.2 Å². The predicted molar refractivity (Wildman–Crippen MR) is 140 cm³/mol. The first-order valence-electron chi connectivity index (χ1n) is 12.6. The molecule has 0 spiro atoms. The molecule has 1 saturated heterocycles. The molecule has 1 aliphatic carbocycles. The molecule has 0 amide bonds. The van der Waals surface area contributed by atoms with Crippen molar-refractivity contribution in [2.24, 2.45) is 0 Å². The average Bonchev–Trinajstić information content (AvgIpc) is 3.56. The minimum absolute atomic E-state index is 0.338. The van der Waals surface area contributed by atoms with Gasteiger partial charge in [-0.15, -0.1) is 0 Å². The van der Waals surface area contributed by atoms with Gasteiger partial charge in [-0.1, -0.05) is 18.6 Å². The zero-order valence-corrected chi connectivity index (χ0v) is 21.1. The van der Waals surface area contributed by atoms with Crippen LogP contribution in [0.4, 0.5) is 4.39 Å². The molecule has 37 heavy (non-hydrogen) atoms. The van der Waals surface area contributed by atoms with E-state index in [0.29, 0.717) is 58.0 Å². The van der Waals surface area contributed by atoms with Crippen LogP contribution in [0.5, 0.6) is 5.88 Å². The number of hydrogen-bond acceptors (Lipinski definition) is 6. The third-order valence-corrected chi connectivity index (χ3v) is 7.10. The first-order chi connectivity index (χ1) is 18.0. The van der Waals surface area contributed by atoms with Crippen LogP contribution in [0, 0.1) is 17.1 Å². The Hall–Kier alpha value is -3.80. The molecule has 0 bridgehead atoms. The van der Waals surface area contributed by atoms with Crippen LogP contribution < -0.4 is 4.74 Å². The molecule has 1 N–H and O–H groups in total. The smallest absolute Gasteiger partial charge is 0.258 e. The van der Waals surface area contributed by atoms with Gasteiger partial charge in [0.1, 0.15) is 5.82 Å². The van der Waals surface area contributed by atoms with Gasteiger partial charge in [-0.2, -0.15) is 5.26 Å². The lowest BCUT2D eigenvalue weighted by Gasteiger charge is -2.20. The monoisotopic (exact) mass is 499 g/mol. The van der Waals surface area contributed by atoms with E-state index in [0.717, 1.165) is 5.56 Å². The highest BCUT2D eigenvalue weighted by molar-refractivity contribution is 5.82. The number of methoxy groups -OCH3 is 1. The maximum atomic E-state index is 14.9. The summed E-state index contributed by atoms with van der Waals surface area (Å²) in [7, 11) is 3.71. The number of aliphatic hydroxyl groups is 1. The minimum atomic E-state index is -0.683. The summed E-state index contributed by atoms with van der Waals surface area (Å²) in [5.74, 6) is -0.00121. The average molecular weight is 500 g/mol. The molecule has 1 aliphatic heterocycles. The molecule has 8 heteroatoms. The molecule has 6 rings (SSSR count). The summed E-state index contributed by atoms with van der Waals surface area (Å²) < 4.78 is 22.1. The molecular weight excluding hydrogens is 469 g/mol. The first kappa shape index (κ1) is 24.9. The predicted octanol–water partition coefficient (Wildman–Crippen LogP) is 5.16. The van der Waals surface area contributed by atoms with Gasteiger partial charge in [-0.3, -0.25) is 4.40 Å². The highest BCUT2D eigenvalue weighted by Crippen LogP contribution is 2.40. The topological polar surface area (TPSA) is 86.7 Å². The Balaban J connectivity index is 0.000000348. The van der Waals surface area contributed by atoms with Crippen LogP contribution in [0.3, 0.4) is 0 Å². The highest BCUT2D eigenvalue weighted by Gasteiger charge is 2.26. The molecule has 1 atom stereocenters. The Morgan fingerprint density at radius 3 is 2.51 bits per heavy atom. The summed E-state index contributed by atoms with van der Waals surface area (Å²) >= 11 is 0. The van der Waals surface area contributed by atoms with Gasteiger partial charge in [0, 0.05) is 23.5 Å². The molecule has 2 aromatic heterocycles. The van der Waals surface area contributed by atoms with Crippen molar-refractivity contribution in [1.82, 2.24) is 19.3 Å². The third kappa shape index (κ3) is 4.93. The number of nitrogens with zero attached hydrogens (tertiary/aromatic N) is 5. The lowest BCUT2D eigenvalue weighted by atomic mass is 9.98. The number of rotatable bonds is 3. The van der Waals surface area contributed by atoms with Crippen LogP contribution in [0.1, 0.15) is 48.5 Å². The molecule has 190 valence electrons. The number of fused-ring (bicyclic) bond motifs is 2. The van der Waals surface area contributed by atoms with Gasteiger partial charge in [0.05, 0.1) is 36.2 Å². The van der Waals surface area contributed by atoms with E-state index in [9.17, 15) is 9.50 Å². The lowest BCUT2D eigenvalue weighted by molar-refractivity contribution is 0.180. The van der Waals surface area contributed by atoms with Crippen molar-refractivity contribution >= 4 is 5.65 Å². The van der Waals surface area contributed by atoms with E-state index in [4.69, 9.17) is 10.00 Å². The molecule has 2 aromatic carbocycles. The fourth-order valence-electron chi connectivity index (χ4n) is 5.12. The van der Waals surface area contributed by atoms with Crippen LogP contribution in [0.15, 0.2) is 48.8 Å². The largest absolute Gasteiger partial charge is 0.478 e. The van der Waals surface area contributed by atoms with Crippen LogP contribution in [-0.4, -0.2) is 51.6 Å². The van der Waals surface area contributed by atoms with Gasteiger partial charge in [0.15, 0.2) is 0 Å². The van der Waals surface area contributed by atoms with Gasteiger partial charge in [-0.05, 0) is 81.2 Å². The number of benzene rings is 2. The maximum absolute atomic E-state index is 14.9. The quantitative estimate of drug-likeness (QED) is 0.419. The van der Waals surface area contributed by atoms with Crippen molar-refractivity contribution in [2.75, 3.05) is 27.2 Å². The Labute approximate surface area is 215 Å². The summed E-state index contributed by atoms with van der Waals surface area (Å²) in [6.45, 7) is 2.64. The fraction of sp³-hybridized carbons (Fsp3) is 0.345. The minimum Gasteiger partial charge on any atom is -0.478 e. The third-order valence-electron chi connectivity index (χ3n) is 7.10. The van der Waals surface area contributed by atoms with Crippen LogP contribution >= 0.6 is 0 Å². The second-order valence-electron chi connectivity index (χ2n) is 9.57. The number of aliphatic hydroxyl groups excluding tert-OH is 1. The normalized spacial score (nSPS) is 17.1. The summed E-state index contributed by atoms with van der Waals surface area (Å²) in [5, 5.41) is 19.4. The Kier molecular flexibility index (Phi) is 7.17. The number of halogens is 1. The number of ether oxygens (including phenoxy) is 1. The van der Waals surface area contributed by atoms with Crippen molar-refractivity contribution in [3.8, 4) is 34.5 Å². The van der Waals surface area contributed by atoms with Gasteiger partial charge >= 0.3 is 0 Å². The molecule has 2 aliphatic rings. The van der Waals surface area contributed by atoms with Crippen molar-refractivity contribution in [2.45, 2.75) is 38.2 Å². The summed E-state index contributed by atoms with van der Waals surface area (Å²) in [5.41, 5.74) is 4.75. The number of nitriles is 1. The molecule has 4 aromatic rings. The molecule has 3 heterocycles. The van der Waals surface area contributed by atoms with Crippen molar-refractivity contribution in [1.29, 1.82) is 5.26 Å². The summed E-state index contributed by atoms with van der Waals surface area (Å²) in [6.07, 6.45) is 8.02. The number of aromatic nitrogens is 3. The number of piperidine rings is 1. The van der Waals surface area contributed by atoms with E-state index in [1.54, 1.807) is 36.7 Å². The van der Waals surface area contributed by atoms with E-state index in [2.05, 4.69) is 28.0 Å². The molecule has 1 unspecified atom stereocenters. The Morgan fingerprint density at radius 2 is 1.86 bits per heavy atom. The molecule has 7 nitrogen and oxygen atoms in total. The Bertz CT molecular complexity index is 1450. The van der Waals surface area contributed by atoms with E-state index < -0.39 is 6.10 Å². The van der Waals surface area contributed by atoms with Gasteiger partial charge in [0.25, 0.3) is 5.88 Å². The van der Waals surface area contributed by atoms with Gasteiger partial charge in [-0.25, -0.2) is 14.4 Å². The molecular formula is C29H30FN5O2. The fourth-order valence-corrected chi connectivity index (χ4v) is 5.12. The number of likely N-dealkylation sites (tertiary alicyclic amines) is 1. The number of imidazole rings is 1. The van der Waals surface area contributed by atoms with Crippen LogP contribution in [-0.2, 0) is 6.42 Å². The number of hydrogen-bond donors (Lipinski definition) is 1. The summed E-state index contributed by atoms with van der Waals surface area (Å²) in [4.78, 5) is 11.4. The maximum Gasteiger partial charge on any atom is 0.258 e. The Morgan fingerprint density at radius 1 is 1.11 bits per heavy atom. The molecule has 1 fully saturated rings. The highest BCUT2D eigenvalue weighted by atomic mass is 19.1. The van der Waals surface area contributed by atoms with Gasteiger partial charge in [0.2, 0.25) is 5.65 Å². The second kappa shape index (κ2) is 10.7. The molecule has 0 saturated carbocycles. The second-order valence-corrected chi connectivity index (χ2v) is 9.57. The van der Waals surface area contributed by atoms with Crippen molar-refractivity contribution < 1.29 is 14.2 Å². The SMILES string of the molecule is CN1CCCCC1.COc1nc(-c2ccc(C#N)cc2)c(-c2cc(F)c3c(c2)C(O)CC3)n2ccnc12. The van der Waals surface area contributed by atoms with E-state index in [1.807, 2.05) is 10.5 Å².